The van der Waals surface area contributed by atoms with Crippen molar-refractivity contribution in [3.05, 3.63) is 35.9 Å². The zero-order chi connectivity index (χ0) is 23.6. The van der Waals surface area contributed by atoms with Gasteiger partial charge in [0, 0.05) is 12.2 Å². The number of hydrogen-bond acceptors (Lipinski definition) is 8. The summed E-state index contributed by atoms with van der Waals surface area (Å²) in [7, 11) is 0. The van der Waals surface area contributed by atoms with Gasteiger partial charge in [0.1, 0.15) is 24.2 Å². The van der Waals surface area contributed by atoms with E-state index in [1.165, 1.54) is 6.92 Å². The van der Waals surface area contributed by atoms with E-state index < -0.39 is 60.6 Å². The molecule has 172 valence electrons. The van der Waals surface area contributed by atoms with Crippen LogP contribution in [0.4, 0.5) is 0 Å². The fourth-order valence-electron chi connectivity index (χ4n) is 2.47. The maximum Gasteiger partial charge on any atom is 0.326 e. The number of rotatable bonds is 12. The Morgan fingerprint density at radius 1 is 0.968 bits per heavy atom. The molecule has 0 radical (unpaired) electrons. The summed E-state index contributed by atoms with van der Waals surface area (Å²) in [6.07, 6.45) is -1.15. The quantitative estimate of drug-likeness (QED) is 0.157. The lowest BCUT2D eigenvalue weighted by molar-refractivity contribution is -0.142. The number of carboxylic acids is 1. The predicted molar refractivity (Wildman–Crippen MR) is 114 cm³/mol. The summed E-state index contributed by atoms with van der Waals surface area (Å²) in [4.78, 5) is 48.3. The summed E-state index contributed by atoms with van der Waals surface area (Å²) in [5.41, 5.74) is 6.17. The number of nitrogens with one attached hydrogen (secondary N) is 3. The molecule has 0 heterocycles. The monoisotopic (exact) mass is 456 g/mol. The molecule has 0 aliphatic heterocycles. The predicted octanol–water partition coefficient (Wildman–Crippen LogP) is -2.60. The number of nitrogens with two attached hydrogens (primary N) is 1. The Hall–Kier alpha value is -2.67. The molecular formula is C19H28N4O7S. The molecule has 0 aliphatic rings. The molecule has 11 nitrogen and oxygen atoms in total. The normalized spacial score (nSPS) is 15.6. The molecule has 0 bridgehead atoms. The average molecular weight is 457 g/mol. The van der Waals surface area contributed by atoms with Crippen molar-refractivity contribution < 1.29 is 34.5 Å². The molecule has 0 fully saturated rings. The summed E-state index contributed by atoms with van der Waals surface area (Å²) in [5, 5.41) is 35.0. The van der Waals surface area contributed by atoms with Crippen LogP contribution in [0.2, 0.25) is 0 Å². The van der Waals surface area contributed by atoms with Crippen molar-refractivity contribution >= 4 is 36.3 Å². The largest absolute Gasteiger partial charge is 0.480 e. The van der Waals surface area contributed by atoms with Crippen molar-refractivity contribution in [3.8, 4) is 0 Å². The highest BCUT2D eigenvalue weighted by molar-refractivity contribution is 7.80. The topological polar surface area (TPSA) is 191 Å². The van der Waals surface area contributed by atoms with Crippen LogP contribution in [0.1, 0.15) is 12.5 Å². The Kier molecular flexibility index (Phi) is 11.0. The number of amides is 3. The van der Waals surface area contributed by atoms with Gasteiger partial charge in [-0.3, -0.25) is 14.4 Å². The van der Waals surface area contributed by atoms with Crippen LogP contribution in [0.5, 0.6) is 0 Å². The fraction of sp³-hybridized carbons (Fsp3) is 0.474. The minimum atomic E-state index is -1.44. The molecule has 0 saturated heterocycles. The van der Waals surface area contributed by atoms with Gasteiger partial charge >= 0.3 is 5.97 Å². The molecule has 0 saturated carbocycles. The number of carbonyl (C=O) groups excluding carboxylic acids is 3. The lowest BCUT2D eigenvalue weighted by Crippen LogP contribution is -2.59. The van der Waals surface area contributed by atoms with E-state index in [1.807, 2.05) is 0 Å². The second-order valence-corrected chi connectivity index (χ2v) is 7.21. The van der Waals surface area contributed by atoms with Crippen LogP contribution in [0.25, 0.3) is 0 Å². The number of aliphatic hydroxyl groups is 2. The first-order chi connectivity index (χ1) is 14.6. The zero-order valence-corrected chi connectivity index (χ0v) is 17.8. The number of benzene rings is 1. The van der Waals surface area contributed by atoms with Crippen LogP contribution < -0.4 is 21.7 Å². The summed E-state index contributed by atoms with van der Waals surface area (Å²) in [6.45, 7) is 0.491. The van der Waals surface area contributed by atoms with Crippen molar-refractivity contribution in [1.82, 2.24) is 16.0 Å². The van der Waals surface area contributed by atoms with Gasteiger partial charge in [0.25, 0.3) is 0 Å². The van der Waals surface area contributed by atoms with Crippen molar-refractivity contribution in [3.63, 3.8) is 0 Å². The van der Waals surface area contributed by atoms with Crippen LogP contribution in [-0.2, 0) is 25.6 Å². The smallest absolute Gasteiger partial charge is 0.326 e. The molecule has 3 amide bonds. The maximum absolute atomic E-state index is 12.5. The summed E-state index contributed by atoms with van der Waals surface area (Å²) in [6, 6.07) is 3.44. The van der Waals surface area contributed by atoms with Gasteiger partial charge < -0.3 is 37.0 Å². The maximum atomic E-state index is 12.5. The van der Waals surface area contributed by atoms with Crippen molar-refractivity contribution in [2.24, 2.45) is 5.73 Å². The Labute approximate surface area is 184 Å². The highest BCUT2D eigenvalue weighted by Crippen LogP contribution is 2.04. The number of aliphatic carboxylic acids is 1. The number of aliphatic hydroxyl groups excluding tert-OH is 2. The highest BCUT2D eigenvalue weighted by Gasteiger charge is 2.30. The Balaban J connectivity index is 2.77. The van der Waals surface area contributed by atoms with E-state index in [0.29, 0.717) is 5.56 Å². The molecule has 5 atom stereocenters. The third-order valence-electron chi connectivity index (χ3n) is 4.35. The van der Waals surface area contributed by atoms with Crippen molar-refractivity contribution in [2.45, 2.75) is 43.6 Å². The lowest BCUT2D eigenvalue weighted by atomic mass is 10.1. The minimum absolute atomic E-state index is 0.0295. The Morgan fingerprint density at radius 3 is 1.97 bits per heavy atom. The molecule has 1 rings (SSSR count). The van der Waals surface area contributed by atoms with Gasteiger partial charge in [0.2, 0.25) is 17.7 Å². The number of thiol groups is 1. The number of carbonyl (C=O) groups is 4. The van der Waals surface area contributed by atoms with Crippen molar-refractivity contribution in [1.29, 1.82) is 0 Å². The van der Waals surface area contributed by atoms with Crippen LogP contribution in [0.15, 0.2) is 30.3 Å². The standard InChI is InChI=1S/C19H28N4O7S/c1-10(25)15(20)18(28)22-13(8-24)16(26)23-14(9-31)17(27)21-12(19(29)30)7-11-5-3-2-4-6-11/h2-6,10,12-15,24-25,31H,7-9,20H2,1H3,(H,21,27)(H,22,28)(H,23,26)(H,29,30). The zero-order valence-electron chi connectivity index (χ0n) is 16.9. The first-order valence-electron chi connectivity index (χ1n) is 9.43. The average Bonchev–Trinajstić information content (AvgIpc) is 2.74. The number of hydrogen-bond donors (Lipinski definition) is 8. The second-order valence-electron chi connectivity index (χ2n) is 6.84. The SMILES string of the molecule is CC(O)C(N)C(=O)NC(CO)C(=O)NC(CS)C(=O)NC(Cc1ccccc1)C(=O)O. The van der Waals surface area contributed by atoms with Gasteiger partial charge in [-0.1, -0.05) is 30.3 Å². The van der Waals surface area contributed by atoms with Crippen molar-refractivity contribution in [2.75, 3.05) is 12.4 Å². The summed E-state index contributed by atoms with van der Waals surface area (Å²) < 4.78 is 0. The van der Waals surface area contributed by atoms with Gasteiger partial charge in [-0.05, 0) is 12.5 Å². The van der Waals surface area contributed by atoms with Crippen LogP contribution in [-0.4, -0.2) is 81.6 Å². The van der Waals surface area contributed by atoms with Crippen LogP contribution in [0, 0.1) is 0 Å². The van der Waals surface area contributed by atoms with E-state index in [9.17, 15) is 34.5 Å². The summed E-state index contributed by atoms with van der Waals surface area (Å²) >= 11 is 4.00. The molecule has 0 aromatic heterocycles. The summed E-state index contributed by atoms with van der Waals surface area (Å²) in [5.74, 6) is -4.00. The Morgan fingerprint density at radius 2 is 1.48 bits per heavy atom. The van der Waals surface area contributed by atoms with E-state index >= 15 is 0 Å². The second kappa shape index (κ2) is 12.9. The molecular weight excluding hydrogens is 428 g/mol. The minimum Gasteiger partial charge on any atom is -0.480 e. The third-order valence-corrected chi connectivity index (χ3v) is 4.72. The van der Waals surface area contributed by atoms with E-state index in [1.54, 1.807) is 30.3 Å². The highest BCUT2D eigenvalue weighted by atomic mass is 32.1. The van der Waals surface area contributed by atoms with Crippen LogP contribution >= 0.6 is 12.6 Å². The molecule has 31 heavy (non-hydrogen) atoms. The molecule has 8 N–H and O–H groups in total. The van der Waals surface area contributed by atoms with Gasteiger partial charge in [-0.25, -0.2) is 4.79 Å². The van der Waals surface area contributed by atoms with E-state index in [0.717, 1.165) is 0 Å². The van der Waals surface area contributed by atoms with Gasteiger partial charge in [-0.15, -0.1) is 0 Å². The molecule has 0 spiro atoms. The first-order valence-corrected chi connectivity index (χ1v) is 10.1. The van der Waals surface area contributed by atoms with Gasteiger partial charge in [0.15, 0.2) is 0 Å². The molecule has 5 unspecified atom stereocenters. The number of carboxylic acid groups (broad SMARTS) is 1. The fourth-order valence-corrected chi connectivity index (χ4v) is 2.73. The van der Waals surface area contributed by atoms with Crippen LogP contribution in [0.3, 0.4) is 0 Å². The lowest BCUT2D eigenvalue weighted by Gasteiger charge is -2.24. The first kappa shape index (κ1) is 26.4. The third kappa shape index (κ3) is 8.53. The van der Waals surface area contributed by atoms with Gasteiger partial charge in [-0.2, -0.15) is 12.6 Å². The molecule has 1 aromatic rings. The van der Waals surface area contributed by atoms with E-state index in [4.69, 9.17) is 5.73 Å². The molecule has 12 heteroatoms. The molecule has 0 aliphatic carbocycles. The van der Waals surface area contributed by atoms with E-state index in [-0.39, 0.29) is 12.2 Å². The molecule has 1 aromatic carbocycles. The van der Waals surface area contributed by atoms with E-state index in [2.05, 4.69) is 28.6 Å². The Bertz CT molecular complexity index is 763. The van der Waals surface area contributed by atoms with Gasteiger partial charge in [0.05, 0.1) is 12.7 Å².